The van der Waals surface area contributed by atoms with Crippen LogP contribution in [-0.2, 0) is 38.1 Å². The summed E-state index contributed by atoms with van der Waals surface area (Å²) in [6.07, 6.45) is 9.31. The highest BCUT2D eigenvalue weighted by atomic mass is 32.2. The predicted octanol–water partition coefficient (Wildman–Crippen LogP) is 3.43. The van der Waals surface area contributed by atoms with Gasteiger partial charge in [-0.05, 0) is 87.0 Å². The summed E-state index contributed by atoms with van der Waals surface area (Å²) in [6, 6.07) is 0. The Hall–Kier alpha value is -2.71. The number of carbonyl (C=O) groups excluding carboxylic acids is 2. The molecule has 0 amide bonds. The molecular weight excluding hydrogens is 652 g/mol. The first kappa shape index (κ1) is 33.4. The molecule has 3 saturated carbocycles. The van der Waals surface area contributed by atoms with E-state index in [0.717, 1.165) is 43.9 Å². The second-order valence-corrected chi connectivity index (χ2v) is 17.7. The number of aromatic nitrogens is 2. The number of hydrogen-bond donors (Lipinski definition) is 1. The summed E-state index contributed by atoms with van der Waals surface area (Å²) in [5, 5.41) is 11.6. The maximum absolute atomic E-state index is 14.7. The number of fused-ring (bicyclic) bond motifs is 4. The second kappa shape index (κ2) is 11.4. The number of aliphatic hydroxyl groups is 1. The van der Waals surface area contributed by atoms with Crippen LogP contribution in [0.1, 0.15) is 71.9 Å². The van der Waals surface area contributed by atoms with Crippen molar-refractivity contribution in [1.29, 1.82) is 0 Å². The molecule has 1 aromatic rings. The fourth-order valence-electron chi connectivity index (χ4n) is 11.1. The van der Waals surface area contributed by atoms with Gasteiger partial charge < -0.3 is 24.1 Å². The van der Waals surface area contributed by atoms with Crippen molar-refractivity contribution in [2.75, 3.05) is 26.1 Å². The van der Waals surface area contributed by atoms with Gasteiger partial charge in [0.05, 0.1) is 61.3 Å². The van der Waals surface area contributed by atoms with Crippen molar-refractivity contribution in [2.24, 2.45) is 40.4 Å². The van der Waals surface area contributed by atoms with Crippen molar-refractivity contribution in [3.8, 4) is 5.88 Å². The maximum atomic E-state index is 14.7. The van der Waals surface area contributed by atoms with Gasteiger partial charge in [0.2, 0.25) is 5.88 Å². The van der Waals surface area contributed by atoms with Crippen molar-refractivity contribution in [3.63, 3.8) is 0 Å². The molecule has 4 aliphatic carbocycles. The molecule has 0 unspecified atom stereocenters. The molecule has 7 aliphatic rings. The largest absolute Gasteiger partial charge is 0.468 e. The van der Waals surface area contributed by atoms with Crippen LogP contribution in [0.25, 0.3) is 5.57 Å². The summed E-state index contributed by atoms with van der Waals surface area (Å²) in [4.78, 5) is 36.7. The highest BCUT2D eigenvalue weighted by Crippen LogP contribution is 2.73. The third kappa shape index (κ3) is 5.00. The number of rotatable bonds is 8. The van der Waals surface area contributed by atoms with Crippen molar-refractivity contribution in [2.45, 2.75) is 96.2 Å². The van der Waals surface area contributed by atoms with E-state index in [4.69, 9.17) is 23.1 Å². The van der Waals surface area contributed by atoms with E-state index < -0.39 is 33.2 Å². The van der Waals surface area contributed by atoms with Gasteiger partial charge in [-0.3, -0.25) is 8.98 Å². The van der Waals surface area contributed by atoms with Crippen LogP contribution in [0, 0.1) is 40.4 Å². The Labute approximate surface area is 287 Å². The van der Waals surface area contributed by atoms with Crippen LogP contribution in [0.15, 0.2) is 29.6 Å². The molecule has 8 rings (SSSR count). The number of nitrogens with zero attached hydrogens (tertiary/aromatic N) is 2. The van der Waals surface area contributed by atoms with Gasteiger partial charge in [0.25, 0.3) is 10.1 Å². The van der Waals surface area contributed by atoms with E-state index >= 15 is 0 Å². The van der Waals surface area contributed by atoms with Crippen molar-refractivity contribution >= 4 is 27.4 Å². The molecule has 1 aromatic heterocycles. The quantitative estimate of drug-likeness (QED) is 0.239. The number of esters is 1. The summed E-state index contributed by atoms with van der Waals surface area (Å²) in [7, 11) is -3.69. The van der Waals surface area contributed by atoms with Crippen LogP contribution >= 0.6 is 0 Å². The molecule has 3 aliphatic heterocycles. The third-order valence-electron chi connectivity index (χ3n) is 13.8. The molecule has 12 nitrogen and oxygen atoms in total. The predicted molar refractivity (Wildman–Crippen MR) is 174 cm³/mol. The number of epoxide rings is 1. The van der Waals surface area contributed by atoms with E-state index in [9.17, 15) is 23.1 Å². The van der Waals surface area contributed by atoms with Gasteiger partial charge in [-0.1, -0.05) is 19.4 Å². The van der Waals surface area contributed by atoms with Gasteiger partial charge in [0.15, 0.2) is 5.78 Å². The van der Waals surface area contributed by atoms with Gasteiger partial charge in [-0.15, -0.1) is 0 Å². The Bertz CT molecular complexity index is 1740. The molecular formula is C36H46N2O10S. The van der Waals surface area contributed by atoms with Crippen LogP contribution in [-0.4, -0.2) is 91.3 Å². The summed E-state index contributed by atoms with van der Waals surface area (Å²) in [5.41, 5.74) is 0.0344. The van der Waals surface area contributed by atoms with Gasteiger partial charge in [-0.2, -0.15) is 8.42 Å². The first-order valence-corrected chi connectivity index (χ1v) is 19.4. The highest BCUT2D eigenvalue weighted by Gasteiger charge is 2.81. The number of ether oxygens (including phenoxy) is 4. The molecule has 1 N–H and O–H groups in total. The number of allylic oxidation sites excluding steroid dienone is 1. The number of ketones is 1. The summed E-state index contributed by atoms with van der Waals surface area (Å²) < 4.78 is 51.3. The Morgan fingerprint density at radius 3 is 2.53 bits per heavy atom. The maximum Gasteiger partial charge on any atom is 0.336 e. The van der Waals surface area contributed by atoms with E-state index in [1.54, 1.807) is 12.3 Å². The third-order valence-corrected chi connectivity index (χ3v) is 14.3. The lowest BCUT2D eigenvalue weighted by Gasteiger charge is -2.58. The van der Waals surface area contributed by atoms with Crippen LogP contribution in [0.3, 0.4) is 0 Å². The Kier molecular flexibility index (Phi) is 7.78. The van der Waals surface area contributed by atoms with E-state index in [1.807, 2.05) is 13.8 Å². The normalized spacial score (nSPS) is 42.2. The second-order valence-electron chi connectivity index (χ2n) is 16.0. The molecule has 5 fully saturated rings. The van der Waals surface area contributed by atoms with Gasteiger partial charge >= 0.3 is 5.97 Å². The zero-order valence-electron chi connectivity index (χ0n) is 28.7. The zero-order chi connectivity index (χ0) is 34.7. The molecule has 49 heavy (non-hydrogen) atoms. The van der Waals surface area contributed by atoms with Crippen LogP contribution in [0.5, 0.6) is 5.88 Å². The summed E-state index contributed by atoms with van der Waals surface area (Å²) >= 11 is 0. The number of aliphatic hydroxyl groups excluding tert-OH is 1. The molecule has 0 aromatic carbocycles. The first-order chi connectivity index (χ1) is 23.2. The van der Waals surface area contributed by atoms with Gasteiger partial charge in [0, 0.05) is 12.0 Å². The van der Waals surface area contributed by atoms with Crippen molar-refractivity contribution < 1.29 is 46.2 Å². The standard InChI is InChI=1S/C36H46N2O10S/c1-18-10-28(47-33(41)23(18)17-45-49(5,42)43)19(2)24-6-7-25-21-12-30-36(48-30)29(39)11-22(27-13-38-31(14-37-27)46-20-15-44-16-20)32(40)35(36,4)26(21)8-9-34(24,25)3/h11,13-14,19-21,24-26,28-30,39H,6-10,12,15-17H2,1-5H3/t19-,21-,24+,25-,26-,28+,29-,30+,34+,35-,36+/m0/s1. The summed E-state index contributed by atoms with van der Waals surface area (Å²) in [6.45, 7) is 9.15. The minimum absolute atomic E-state index is 0.0165. The lowest BCUT2D eigenvalue weighted by atomic mass is 9.43. The molecule has 4 heterocycles. The van der Waals surface area contributed by atoms with E-state index in [0.29, 0.717) is 48.6 Å². The van der Waals surface area contributed by atoms with E-state index in [-0.39, 0.29) is 59.4 Å². The molecule has 11 atom stereocenters. The zero-order valence-corrected chi connectivity index (χ0v) is 29.5. The average Bonchev–Trinajstić information content (AvgIpc) is 3.67. The number of carbonyl (C=O) groups is 2. The molecule has 13 heteroatoms. The fraction of sp³-hybridized carbons (Fsp3) is 0.722. The van der Waals surface area contributed by atoms with Crippen molar-refractivity contribution in [1.82, 2.24) is 9.97 Å². The van der Waals surface area contributed by atoms with Crippen molar-refractivity contribution in [3.05, 3.63) is 35.3 Å². The minimum atomic E-state index is -3.69. The first-order valence-electron chi connectivity index (χ1n) is 17.6. The summed E-state index contributed by atoms with van der Waals surface area (Å²) in [5.74, 6) is 0.874. The molecule has 0 bridgehead atoms. The number of hydrogen-bond acceptors (Lipinski definition) is 12. The SMILES string of the molecule is CC1=C(COS(C)(=O)=O)C(=O)O[C@@H]([C@@H](C)[C@H]2CC[C@H]3[C@@H]4C[C@H]5O[C@]56[C@@H](O)C=C(c5cnc(OC7COC7)cn5)C(=O)[C@]6(C)[C@H]4CC[C@]23C)C1. The fourth-order valence-corrected chi connectivity index (χ4v) is 11.5. The lowest BCUT2D eigenvalue weighted by molar-refractivity contribution is -0.155. The van der Waals surface area contributed by atoms with Gasteiger partial charge in [-0.25, -0.2) is 14.8 Å². The van der Waals surface area contributed by atoms with Crippen LogP contribution in [0.2, 0.25) is 0 Å². The van der Waals surface area contributed by atoms with Gasteiger partial charge in [0.1, 0.15) is 23.9 Å². The minimum Gasteiger partial charge on any atom is -0.468 e. The molecule has 266 valence electrons. The highest BCUT2D eigenvalue weighted by molar-refractivity contribution is 7.86. The monoisotopic (exact) mass is 698 g/mol. The molecule has 2 saturated heterocycles. The number of cyclic esters (lactones) is 1. The molecule has 0 radical (unpaired) electrons. The Morgan fingerprint density at radius 1 is 1.10 bits per heavy atom. The smallest absolute Gasteiger partial charge is 0.336 e. The van der Waals surface area contributed by atoms with E-state index in [2.05, 4.69) is 23.8 Å². The number of Topliss-reactive ketones (excluding diaryl/α,β-unsaturated/α-hetero) is 1. The Morgan fingerprint density at radius 2 is 1.88 bits per heavy atom. The van der Waals surface area contributed by atoms with E-state index in [1.165, 1.54) is 6.20 Å². The Balaban J connectivity index is 1.02. The topological polar surface area (TPSA) is 164 Å². The van der Waals surface area contributed by atoms with Crippen LogP contribution in [0.4, 0.5) is 0 Å². The lowest BCUT2D eigenvalue weighted by Crippen LogP contribution is -2.64. The molecule has 1 spiro atoms. The van der Waals surface area contributed by atoms with Crippen LogP contribution < -0.4 is 4.74 Å². The average molecular weight is 699 g/mol.